The summed E-state index contributed by atoms with van der Waals surface area (Å²) >= 11 is 11.1. The molecule has 1 saturated heterocycles. The first-order chi connectivity index (χ1) is 13.0. The Balaban J connectivity index is 2.07. The van der Waals surface area contributed by atoms with Crippen LogP contribution in [-0.4, -0.2) is 58.8 Å². The topological polar surface area (TPSA) is 65.5 Å². The first kappa shape index (κ1) is 22.5. The SMILES string of the molecule is CC(C)C(NC(=O)C(Cl)Cl)C(=O)N1CCN(c2ncccc2C(F)(F)F)CC1. The van der Waals surface area contributed by atoms with E-state index in [1.807, 2.05) is 0 Å². The Hall–Kier alpha value is -1.74. The number of amides is 2. The summed E-state index contributed by atoms with van der Waals surface area (Å²) < 4.78 is 39.6. The number of pyridine rings is 1. The Morgan fingerprint density at radius 2 is 1.79 bits per heavy atom. The number of anilines is 1. The van der Waals surface area contributed by atoms with Crippen LogP contribution in [0.3, 0.4) is 0 Å². The van der Waals surface area contributed by atoms with Crippen LogP contribution in [0.15, 0.2) is 18.3 Å². The van der Waals surface area contributed by atoms with E-state index in [9.17, 15) is 22.8 Å². The zero-order valence-corrected chi connectivity index (χ0v) is 16.9. The first-order valence-electron chi connectivity index (χ1n) is 8.66. The molecule has 1 fully saturated rings. The predicted octanol–water partition coefficient (Wildman–Crippen LogP) is 2.69. The van der Waals surface area contributed by atoms with Crippen LogP contribution in [0.25, 0.3) is 0 Å². The van der Waals surface area contributed by atoms with Gasteiger partial charge in [-0.15, -0.1) is 0 Å². The second kappa shape index (κ2) is 9.17. The van der Waals surface area contributed by atoms with Crippen molar-refractivity contribution in [1.29, 1.82) is 0 Å². The molecule has 0 spiro atoms. The third kappa shape index (κ3) is 5.41. The molecule has 1 aliphatic rings. The van der Waals surface area contributed by atoms with Crippen molar-refractivity contribution in [2.45, 2.75) is 30.9 Å². The lowest BCUT2D eigenvalue weighted by atomic mass is 10.0. The van der Waals surface area contributed by atoms with Crippen LogP contribution < -0.4 is 10.2 Å². The number of rotatable bonds is 5. The molecular weight excluding hydrogens is 420 g/mol. The van der Waals surface area contributed by atoms with Crippen molar-refractivity contribution >= 4 is 40.8 Å². The minimum Gasteiger partial charge on any atom is -0.353 e. The maximum atomic E-state index is 13.2. The third-order valence-corrected chi connectivity index (χ3v) is 4.81. The molecule has 0 aromatic carbocycles. The van der Waals surface area contributed by atoms with Gasteiger partial charge >= 0.3 is 6.18 Å². The quantitative estimate of drug-likeness (QED) is 0.714. The maximum absolute atomic E-state index is 13.2. The van der Waals surface area contributed by atoms with Gasteiger partial charge in [0, 0.05) is 32.4 Å². The average molecular weight is 441 g/mol. The molecule has 0 bridgehead atoms. The molecule has 1 atom stereocenters. The third-order valence-electron chi connectivity index (χ3n) is 4.41. The van der Waals surface area contributed by atoms with Crippen molar-refractivity contribution < 1.29 is 22.8 Å². The smallest absolute Gasteiger partial charge is 0.353 e. The molecule has 28 heavy (non-hydrogen) atoms. The summed E-state index contributed by atoms with van der Waals surface area (Å²) in [5, 5.41) is 2.52. The summed E-state index contributed by atoms with van der Waals surface area (Å²) in [6, 6.07) is 1.40. The van der Waals surface area contributed by atoms with Gasteiger partial charge in [-0.25, -0.2) is 4.98 Å². The van der Waals surface area contributed by atoms with Gasteiger partial charge < -0.3 is 15.1 Å². The molecular formula is C17H21Cl2F3N4O2. The molecule has 1 aliphatic heterocycles. The Kier molecular flexibility index (Phi) is 7.39. The normalized spacial score (nSPS) is 16.5. The van der Waals surface area contributed by atoms with Crippen LogP contribution in [-0.2, 0) is 15.8 Å². The zero-order chi connectivity index (χ0) is 21.1. The summed E-state index contributed by atoms with van der Waals surface area (Å²) in [6.07, 6.45) is -3.20. The summed E-state index contributed by atoms with van der Waals surface area (Å²) in [5.41, 5.74) is -0.808. The Morgan fingerprint density at radius 3 is 2.29 bits per heavy atom. The maximum Gasteiger partial charge on any atom is 0.419 e. The van der Waals surface area contributed by atoms with Gasteiger partial charge in [-0.1, -0.05) is 37.0 Å². The van der Waals surface area contributed by atoms with E-state index in [4.69, 9.17) is 23.2 Å². The second-order valence-electron chi connectivity index (χ2n) is 6.72. The molecule has 2 amide bonds. The van der Waals surface area contributed by atoms with Crippen LogP contribution in [0.2, 0.25) is 0 Å². The number of hydrogen-bond donors (Lipinski definition) is 1. The highest BCUT2D eigenvalue weighted by atomic mass is 35.5. The molecule has 11 heteroatoms. The minimum absolute atomic E-state index is 0.150. The van der Waals surface area contributed by atoms with Crippen LogP contribution in [0.4, 0.5) is 19.0 Å². The van der Waals surface area contributed by atoms with E-state index in [0.29, 0.717) is 0 Å². The molecule has 0 radical (unpaired) electrons. The van der Waals surface area contributed by atoms with Crippen molar-refractivity contribution in [3.8, 4) is 0 Å². The fourth-order valence-corrected chi connectivity index (χ4v) is 3.06. The van der Waals surface area contributed by atoms with Crippen molar-refractivity contribution in [2.75, 3.05) is 31.1 Å². The van der Waals surface area contributed by atoms with Gasteiger partial charge in [0.1, 0.15) is 11.9 Å². The van der Waals surface area contributed by atoms with Gasteiger partial charge in [0.05, 0.1) is 5.56 Å². The summed E-state index contributed by atoms with van der Waals surface area (Å²) in [4.78, 5) is 30.1. The summed E-state index contributed by atoms with van der Waals surface area (Å²) in [5.74, 6) is -1.36. The molecule has 2 rings (SSSR count). The fourth-order valence-electron chi connectivity index (χ4n) is 2.94. The highest BCUT2D eigenvalue weighted by Gasteiger charge is 2.37. The standard InChI is InChI=1S/C17H21Cl2F3N4O2/c1-10(2)12(24-15(27)13(18)19)16(28)26-8-6-25(7-9-26)14-11(17(20,21)22)4-3-5-23-14/h3-5,10,12-13H,6-9H2,1-2H3,(H,24,27). The van der Waals surface area contributed by atoms with Gasteiger partial charge in [-0.2, -0.15) is 13.2 Å². The van der Waals surface area contributed by atoms with Crippen LogP contribution in [0.5, 0.6) is 0 Å². The van der Waals surface area contributed by atoms with Crippen molar-refractivity contribution in [2.24, 2.45) is 5.92 Å². The monoisotopic (exact) mass is 440 g/mol. The highest BCUT2D eigenvalue weighted by molar-refractivity contribution is 6.53. The number of carbonyl (C=O) groups is 2. The number of piperazine rings is 1. The van der Waals surface area contributed by atoms with Crippen molar-refractivity contribution in [3.63, 3.8) is 0 Å². The average Bonchev–Trinajstić information content (AvgIpc) is 2.64. The molecule has 1 N–H and O–H groups in total. The van der Waals surface area contributed by atoms with Crippen LogP contribution >= 0.6 is 23.2 Å². The van der Waals surface area contributed by atoms with Gasteiger partial charge in [0.15, 0.2) is 4.84 Å². The van der Waals surface area contributed by atoms with Crippen LogP contribution in [0, 0.1) is 5.92 Å². The van der Waals surface area contributed by atoms with E-state index in [1.165, 1.54) is 22.1 Å². The zero-order valence-electron chi connectivity index (χ0n) is 15.3. The number of carbonyl (C=O) groups excluding carboxylic acids is 2. The molecule has 156 valence electrons. The van der Waals surface area contributed by atoms with Gasteiger partial charge in [-0.05, 0) is 18.1 Å². The lowest BCUT2D eigenvalue weighted by Crippen LogP contribution is -2.57. The number of alkyl halides is 5. The fraction of sp³-hybridized carbons (Fsp3) is 0.588. The molecule has 6 nitrogen and oxygen atoms in total. The lowest BCUT2D eigenvalue weighted by Gasteiger charge is -2.38. The van der Waals surface area contributed by atoms with E-state index >= 15 is 0 Å². The van der Waals surface area contributed by atoms with Gasteiger partial charge in [0.25, 0.3) is 5.91 Å². The van der Waals surface area contributed by atoms with Gasteiger partial charge in [0.2, 0.25) is 5.91 Å². The summed E-state index contributed by atoms with van der Waals surface area (Å²) in [6.45, 7) is 4.32. The van der Waals surface area contributed by atoms with E-state index in [1.54, 1.807) is 13.8 Å². The second-order valence-corrected chi connectivity index (χ2v) is 7.81. The Bertz CT molecular complexity index is 708. The molecule has 0 saturated carbocycles. The van der Waals surface area contributed by atoms with E-state index in [-0.39, 0.29) is 43.8 Å². The molecule has 2 heterocycles. The van der Waals surface area contributed by atoms with Crippen molar-refractivity contribution in [3.05, 3.63) is 23.9 Å². The molecule has 1 aromatic heterocycles. The minimum atomic E-state index is -4.51. The highest BCUT2D eigenvalue weighted by Crippen LogP contribution is 2.35. The Labute approximate surface area is 171 Å². The molecule has 1 aromatic rings. The van der Waals surface area contributed by atoms with E-state index < -0.39 is 28.5 Å². The predicted molar refractivity (Wildman–Crippen MR) is 100 cm³/mol. The lowest BCUT2D eigenvalue weighted by molar-refractivity contribution is -0.138. The van der Waals surface area contributed by atoms with Crippen molar-refractivity contribution in [1.82, 2.24) is 15.2 Å². The number of halogens is 5. The largest absolute Gasteiger partial charge is 0.419 e. The first-order valence-corrected chi connectivity index (χ1v) is 9.54. The molecule has 1 unspecified atom stereocenters. The van der Waals surface area contributed by atoms with E-state index in [0.717, 1.165) is 6.07 Å². The number of nitrogens with zero attached hydrogens (tertiary/aromatic N) is 3. The van der Waals surface area contributed by atoms with Crippen LogP contribution in [0.1, 0.15) is 19.4 Å². The Morgan fingerprint density at radius 1 is 1.18 bits per heavy atom. The summed E-state index contributed by atoms with van der Waals surface area (Å²) in [7, 11) is 0. The number of nitrogens with one attached hydrogen (secondary N) is 1. The van der Waals surface area contributed by atoms with E-state index in [2.05, 4.69) is 10.3 Å². The number of hydrogen-bond acceptors (Lipinski definition) is 4. The molecule has 0 aliphatic carbocycles. The number of aromatic nitrogens is 1. The van der Waals surface area contributed by atoms with Gasteiger partial charge in [-0.3, -0.25) is 9.59 Å².